The van der Waals surface area contributed by atoms with Crippen molar-refractivity contribution in [3.05, 3.63) is 73.8 Å². The molecule has 0 aliphatic rings. The highest BCUT2D eigenvalue weighted by molar-refractivity contribution is 9.10. The van der Waals surface area contributed by atoms with Crippen molar-refractivity contribution >= 4 is 26.8 Å². The fourth-order valence-corrected chi connectivity index (χ4v) is 3.00. The van der Waals surface area contributed by atoms with Gasteiger partial charge in [-0.3, -0.25) is 14.3 Å². The highest BCUT2D eigenvalue weighted by Gasteiger charge is 2.06. The second-order valence-electron chi connectivity index (χ2n) is 5.79. The van der Waals surface area contributed by atoms with Gasteiger partial charge < -0.3 is 4.74 Å². The molecule has 0 amide bonds. The van der Waals surface area contributed by atoms with E-state index in [0.29, 0.717) is 24.1 Å². The molecule has 0 aliphatic carbocycles. The molecule has 0 bridgehead atoms. The fraction of sp³-hybridized carbons (Fsp3) is 0.263. The van der Waals surface area contributed by atoms with Crippen molar-refractivity contribution in [3.63, 3.8) is 0 Å². The quantitative estimate of drug-likeness (QED) is 0.612. The molecule has 0 aliphatic heterocycles. The molecule has 2 aromatic carbocycles. The lowest BCUT2D eigenvalue weighted by Gasteiger charge is -2.09. The molecule has 0 spiro atoms. The van der Waals surface area contributed by atoms with E-state index in [1.165, 1.54) is 0 Å². The maximum atomic E-state index is 12.1. The SMILES string of the molecule is O=c1[nH]c(=O)n(CCCCCOc2ccc(Br)cc2)c2ccccc12. The highest BCUT2D eigenvalue weighted by Crippen LogP contribution is 2.16. The summed E-state index contributed by atoms with van der Waals surface area (Å²) < 4.78 is 8.34. The van der Waals surface area contributed by atoms with Crippen LogP contribution in [0.25, 0.3) is 10.9 Å². The minimum absolute atomic E-state index is 0.334. The number of nitrogens with zero attached hydrogens (tertiary/aromatic N) is 1. The van der Waals surface area contributed by atoms with Crippen LogP contribution in [0.5, 0.6) is 5.75 Å². The number of hydrogen-bond donors (Lipinski definition) is 1. The van der Waals surface area contributed by atoms with Gasteiger partial charge in [-0.2, -0.15) is 0 Å². The van der Waals surface area contributed by atoms with Crippen molar-refractivity contribution < 1.29 is 4.74 Å². The zero-order chi connectivity index (χ0) is 17.6. The van der Waals surface area contributed by atoms with Crippen LogP contribution in [-0.4, -0.2) is 16.2 Å². The predicted octanol–water partition coefficient (Wildman–Crippen LogP) is 3.70. The summed E-state index contributed by atoms with van der Waals surface area (Å²) in [5.41, 5.74) is -0.00285. The summed E-state index contributed by atoms with van der Waals surface area (Å²) in [5, 5.41) is 0.542. The van der Waals surface area contributed by atoms with Gasteiger partial charge in [-0.15, -0.1) is 0 Å². The number of H-pyrrole nitrogens is 1. The van der Waals surface area contributed by atoms with Gasteiger partial charge in [0.25, 0.3) is 5.56 Å². The predicted molar refractivity (Wildman–Crippen MR) is 102 cm³/mol. The number of hydrogen-bond acceptors (Lipinski definition) is 3. The van der Waals surface area contributed by atoms with Gasteiger partial charge in [-0.05, 0) is 55.7 Å². The molecule has 0 atom stereocenters. The largest absolute Gasteiger partial charge is 0.494 e. The Labute approximate surface area is 153 Å². The summed E-state index contributed by atoms with van der Waals surface area (Å²) in [6.07, 6.45) is 2.70. The Balaban J connectivity index is 1.53. The third-order valence-electron chi connectivity index (χ3n) is 4.01. The Morgan fingerprint density at radius 1 is 0.960 bits per heavy atom. The summed E-state index contributed by atoms with van der Waals surface area (Å²) in [7, 11) is 0. The maximum absolute atomic E-state index is 12.1. The summed E-state index contributed by atoms with van der Waals surface area (Å²) in [4.78, 5) is 26.3. The third-order valence-corrected chi connectivity index (χ3v) is 4.54. The normalized spacial score (nSPS) is 10.9. The lowest BCUT2D eigenvalue weighted by molar-refractivity contribution is 0.303. The zero-order valence-corrected chi connectivity index (χ0v) is 15.3. The van der Waals surface area contributed by atoms with E-state index >= 15 is 0 Å². The number of benzene rings is 2. The number of fused-ring (bicyclic) bond motifs is 1. The smallest absolute Gasteiger partial charge is 0.328 e. The first-order valence-electron chi connectivity index (χ1n) is 8.25. The van der Waals surface area contributed by atoms with E-state index < -0.39 is 0 Å². The molecule has 1 heterocycles. The first-order valence-corrected chi connectivity index (χ1v) is 9.05. The van der Waals surface area contributed by atoms with E-state index in [-0.39, 0.29) is 11.2 Å². The van der Waals surface area contributed by atoms with Crippen LogP contribution in [0.4, 0.5) is 0 Å². The third kappa shape index (κ3) is 4.39. The van der Waals surface area contributed by atoms with Crippen molar-refractivity contribution in [1.29, 1.82) is 0 Å². The first kappa shape index (κ1) is 17.5. The number of aromatic amines is 1. The molecule has 25 heavy (non-hydrogen) atoms. The van der Waals surface area contributed by atoms with Gasteiger partial charge in [0, 0.05) is 11.0 Å². The van der Waals surface area contributed by atoms with Gasteiger partial charge in [-0.25, -0.2) is 4.79 Å². The van der Waals surface area contributed by atoms with Crippen LogP contribution in [0.2, 0.25) is 0 Å². The molecule has 0 saturated carbocycles. The Morgan fingerprint density at radius 3 is 2.52 bits per heavy atom. The Kier molecular flexibility index (Phi) is 5.71. The van der Waals surface area contributed by atoms with Crippen LogP contribution in [0.1, 0.15) is 19.3 Å². The van der Waals surface area contributed by atoms with Crippen LogP contribution in [0, 0.1) is 0 Å². The number of ether oxygens (including phenoxy) is 1. The molecule has 5 nitrogen and oxygen atoms in total. The standard InChI is InChI=1S/C19H19BrN2O3/c20-14-8-10-15(11-9-14)25-13-5-1-4-12-22-17-7-3-2-6-16(17)18(23)21-19(22)24/h2-3,6-11H,1,4-5,12-13H2,(H,21,23,24). The number of aryl methyl sites for hydroxylation is 1. The molecule has 6 heteroatoms. The van der Waals surface area contributed by atoms with Crippen LogP contribution < -0.4 is 16.0 Å². The Hall–Kier alpha value is -2.34. The summed E-state index contributed by atoms with van der Waals surface area (Å²) in [6.45, 7) is 1.22. The lowest BCUT2D eigenvalue weighted by Crippen LogP contribution is -2.30. The first-order chi connectivity index (χ1) is 12.1. The number of rotatable bonds is 7. The number of halogens is 1. The van der Waals surface area contributed by atoms with Crippen LogP contribution in [-0.2, 0) is 6.54 Å². The Morgan fingerprint density at radius 2 is 1.72 bits per heavy atom. The topological polar surface area (TPSA) is 64.1 Å². The second-order valence-corrected chi connectivity index (χ2v) is 6.71. The van der Waals surface area contributed by atoms with Gasteiger partial charge in [0.1, 0.15) is 5.75 Å². The van der Waals surface area contributed by atoms with E-state index in [2.05, 4.69) is 20.9 Å². The second kappa shape index (κ2) is 8.16. The van der Waals surface area contributed by atoms with E-state index in [0.717, 1.165) is 29.5 Å². The van der Waals surface area contributed by atoms with Crippen molar-refractivity contribution in [3.8, 4) is 5.75 Å². The van der Waals surface area contributed by atoms with Crippen molar-refractivity contribution in [2.45, 2.75) is 25.8 Å². The van der Waals surface area contributed by atoms with Crippen molar-refractivity contribution in [2.24, 2.45) is 0 Å². The van der Waals surface area contributed by atoms with Gasteiger partial charge in [0.05, 0.1) is 17.5 Å². The molecule has 1 N–H and O–H groups in total. The summed E-state index contributed by atoms with van der Waals surface area (Å²) >= 11 is 3.39. The lowest BCUT2D eigenvalue weighted by atomic mass is 10.2. The van der Waals surface area contributed by atoms with E-state index in [4.69, 9.17) is 4.74 Å². The molecule has 0 saturated heterocycles. The molecular weight excluding hydrogens is 384 g/mol. The van der Waals surface area contributed by atoms with E-state index in [1.807, 2.05) is 36.4 Å². The number of unbranched alkanes of at least 4 members (excludes halogenated alkanes) is 2. The monoisotopic (exact) mass is 402 g/mol. The minimum atomic E-state index is -0.352. The summed E-state index contributed by atoms with van der Waals surface area (Å²) in [5.74, 6) is 0.853. The summed E-state index contributed by atoms with van der Waals surface area (Å²) in [6, 6.07) is 14.9. The average molecular weight is 403 g/mol. The fourth-order valence-electron chi connectivity index (χ4n) is 2.73. The van der Waals surface area contributed by atoms with E-state index in [9.17, 15) is 9.59 Å². The van der Waals surface area contributed by atoms with Crippen LogP contribution >= 0.6 is 15.9 Å². The highest BCUT2D eigenvalue weighted by atomic mass is 79.9. The Bertz CT molecular complexity index is 961. The number of nitrogens with one attached hydrogen (secondary N) is 1. The molecule has 3 rings (SSSR count). The van der Waals surface area contributed by atoms with Gasteiger partial charge in [-0.1, -0.05) is 28.1 Å². The van der Waals surface area contributed by atoms with Crippen molar-refractivity contribution in [2.75, 3.05) is 6.61 Å². The minimum Gasteiger partial charge on any atom is -0.494 e. The molecule has 0 radical (unpaired) electrons. The molecular formula is C19H19BrN2O3. The molecule has 130 valence electrons. The van der Waals surface area contributed by atoms with Gasteiger partial charge >= 0.3 is 5.69 Å². The van der Waals surface area contributed by atoms with Gasteiger partial charge in [0.2, 0.25) is 0 Å². The number of aromatic nitrogens is 2. The average Bonchev–Trinajstić information content (AvgIpc) is 2.62. The number of para-hydroxylation sites is 1. The molecule has 0 unspecified atom stereocenters. The van der Waals surface area contributed by atoms with Gasteiger partial charge in [0.15, 0.2) is 0 Å². The molecule has 0 fully saturated rings. The van der Waals surface area contributed by atoms with Crippen molar-refractivity contribution in [1.82, 2.24) is 9.55 Å². The van der Waals surface area contributed by atoms with Crippen LogP contribution in [0.3, 0.4) is 0 Å². The molecule has 3 aromatic rings. The molecule has 1 aromatic heterocycles. The zero-order valence-electron chi connectivity index (χ0n) is 13.7. The maximum Gasteiger partial charge on any atom is 0.328 e. The van der Waals surface area contributed by atoms with Crippen LogP contribution in [0.15, 0.2) is 62.6 Å². The van der Waals surface area contributed by atoms with E-state index in [1.54, 1.807) is 16.7 Å².